The van der Waals surface area contributed by atoms with E-state index in [1.807, 2.05) is 18.2 Å². The van der Waals surface area contributed by atoms with Crippen LogP contribution in [0.3, 0.4) is 0 Å². The first kappa shape index (κ1) is 20.5. The molecule has 0 aromatic heterocycles. The minimum atomic E-state index is -0.875. The number of benzene rings is 2. The molecule has 1 aliphatic heterocycles. The van der Waals surface area contributed by atoms with Crippen molar-refractivity contribution in [2.45, 2.75) is 6.42 Å². The van der Waals surface area contributed by atoms with Crippen molar-refractivity contribution in [3.8, 4) is 5.75 Å². The number of amides is 1. The van der Waals surface area contributed by atoms with Gasteiger partial charge in [0.25, 0.3) is 5.91 Å². The van der Waals surface area contributed by atoms with Gasteiger partial charge >= 0.3 is 5.97 Å². The number of hydrogen-bond acceptors (Lipinski definition) is 4. The number of halogens is 1. The first-order valence-corrected chi connectivity index (χ1v) is 8.38. The Labute approximate surface area is 163 Å². The van der Waals surface area contributed by atoms with Crippen molar-refractivity contribution in [2.75, 3.05) is 19.7 Å². The summed E-state index contributed by atoms with van der Waals surface area (Å²) in [6.45, 7) is 0.504. The lowest BCUT2D eigenvalue weighted by molar-refractivity contribution is -0.141. The monoisotopic (exact) mass is 389 g/mol. The maximum Gasteiger partial charge on any atom is 0.308 e. The van der Waals surface area contributed by atoms with Crippen LogP contribution in [0.5, 0.6) is 5.75 Å². The van der Waals surface area contributed by atoms with E-state index in [0.29, 0.717) is 29.8 Å². The highest BCUT2D eigenvalue weighted by Crippen LogP contribution is 2.18. The Kier molecular flexibility index (Phi) is 6.96. The summed E-state index contributed by atoms with van der Waals surface area (Å²) in [6, 6.07) is 15.6. The Morgan fingerprint density at radius 2 is 1.63 bits per heavy atom. The molecule has 1 unspecified atom stereocenters. The van der Waals surface area contributed by atoms with Crippen molar-refractivity contribution >= 4 is 30.1 Å². The minimum Gasteiger partial charge on any atom is -0.484 e. The Balaban J connectivity index is 0.00000261. The molecule has 1 amide bonds. The van der Waals surface area contributed by atoms with Crippen molar-refractivity contribution in [2.24, 2.45) is 5.92 Å². The van der Waals surface area contributed by atoms with Crippen molar-refractivity contribution in [1.29, 1.82) is 0 Å². The van der Waals surface area contributed by atoms with Gasteiger partial charge in [-0.2, -0.15) is 0 Å². The Hall–Kier alpha value is -2.86. The van der Waals surface area contributed by atoms with Gasteiger partial charge < -0.3 is 14.7 Å². The summed E-state index contributed by atoms with van der Waals surface area (Å²) in [5.74, 6) is -1.21. The SMILES string of the molecule is Cl.O=C(c1ccccc1)c1ccc(OCC(=O)N2CCC(C(=O)O)C2)cc1. The van der Waals surface area contributed by atoms with Crippen molar-refractivity contribution < 1.29 is 24.2 Å². The highest BCUT2D eigenvalue weighted by Gasteiger charge is 2.30. The first-order valence-electron chi connectivity index (χ1n) is 8.38. The molecule has 0 bridgehead atoms. The largest absolute Gasteiger partial charge is 0.484 e. The third-order valence-corrected chi connectivity index (χ3v) is 4.40. The molecule has 1 N–H and O–H groups in total. The van der Waals surface area contributed by atoms with Crippen LogP contribution in [0.2, 0.25) is 0 Å². The summed E-state index contributed by atoms with van der Waals surface area (Å²) in [4.78, 5) is 36.9. The lowest BCUT2D eigenvalue weighted by atomic mass is 10.0. The van der Waals surface area contributed by atoms with E-state index in [-0.39, 0.29) is 37.2 Å². The van der Waals surface area contributed by atoms with Gasteiger partial charge in [0.05, 0.1) is 5.92 Å². The van der Waals surface area contributed by atoms with Crippen LogP contribution in [0, 0.1) is 5.92 Å². The summed E-state index contributed by atoms with van der Waals surface area (Å²) in [5.41, 5.74) is 1.15. The van der Waals surface area contributed by atoms with Gasteiger partial charge in [0.1, 0.15) is 5.75 Å². The van der Waals surface area contributed by atoms with Crippen LogP contribution in [0.15, 0.2) is 54.6 Å². The Morgan fingerprint density at radius 1 is 1.00 bits per heavy atom. The molecule has 27 heavy (non-hydrogen) atoms. The lowest BCUT2D eigenvalue weighted by Crippen LogP contribution is -2.33. The van der Waals surface area contributed by atoms with Gasteiger partial charge in [0, 0.05) is 24.2 Å². The van der Waals surface area contributed by atoms with E-state index in [2.05, 4.69) is 0 Å². The molecule has 1 saturated heterocycles. The molecule has 1 aliphatic rings. The normalized spacial score (nSPS) is 15.7. The lowest BCUT2D eigenvalue weighted by Gasteiger charge is -2.16. The second-order valence-electron chi connectivity index (χ2n) is 6.17. The number of hydrogen-bond donors (Lipinski definition) is 1. The fourth-order valence-corrected chi connectivity index (χ4v) is 2.88. The number of carboxylic acid groups (broad SMARTS) is 1. The highest BCUT2D eigenvalue weighted by molar-refractivity contribution is 6.08. The zero-order chi connectivity index (χ0) is 18.5. The zero-order valence-electron chi connectivity index (χ0n) is 14.5. The van der Waals surface area contributed by atoms with Gasteiger partial charge in [-0.3, -0.25) is 14.4 Å². The van der Waals surface area contributed by atoms with E-state index in [1.54, 1.807) is 36.4 Å². The van der Waals surface area contributed by atoms with Crippen molar-refractivity contribution in [1.82, 2.24) is 4.90 Å². The molecule has 3 rings (SSSR count). The number of aliphatic carboxylic acids is 1. The third kappa shape index (κ3) is 5.08. The van der Waals surface area contributed by atoms with E-state index >= 15 is 0 Å². The predicted molar refractivity (Wildman–Crippen MR) is 101 cm³/mol. The molecule has 0 spiro atoms. The van der Waals surface area contributed by atoms with Crippen LogP contribution in [0.25, 0.3) is 0 Å². The molecule has 0 radical (unpaired) electrons. The fourth-order valence-electron chi connectivity index (χ4n) is 2.88. The van der Waals surface area contributed by atoms with Crippen molar-refractivity contribution in [3.05, 3.63) is 65.7 Å². The highest BCUT2D eigenvalue weighted by atomic mass is 35.5. The van der Waals surface area contributed by atoms with E-state index in [9.17, 15) is 14.4 Å². The number of carbonyl (C=O) groups excluding carboxylic acids is 2. The molecule has 1 heterocycles. The van der Waals surface area contributed by atoms with Crippen LogP contribution in [-0.2, 0) is 9.59 Å². The van der Waals surface area contributed by atoms with Gasteiger partial charge in [-0.05, 0) is 30.7 Å². The van der Waals surface area contributed by atoms with Gasteiger partial charge in [-0.15, -0.1) is 12.4 Å². The summed E-state index contributed by atoms with van der Waals surface area (Å²) in [7, 11) is 0. The summed E-state index contributed by atoms with van der Waals surface area (Å²) in [6.07, 6.45) is 0.470. The number of nitrogens with zero attached hydrogens (tertiary/aromatic N) is 1. The topological polar surface area (TPSA) is 83.9 Å². The molecule has 142 valence electrons. The number of carbonyl (C=O) groups is 3. The Morgan fingerprint density at radius 3 is 2.22 bits per heavy atom. The van der Waals surface area contributed by atoms with Crippen LogP contribution in [0.1, 0.15) is 22.3 Å². The second-order valence-corrected chi connectivity index (χ2v) is 6.17. The fraction of sp³-hybridized carbons (Fsp3) is 0.250. The van der Waals surface area contributed by atoms with Gasteiger partial charge in [0.2, 0.25) is 0 Å². The summed E-state index contributed by atoms with van der Waals surface area (Å²) >= 11 is 0. The maximum absolute atomic E-state index is 12.3. The summed E-state index contributed by atoms with van der Waals surface area (Å²) < 4.78 is 5.47. The second kappa shape index (κ2) is 9.19. The smallest absolute Gasteiger partial charge is 0.308 e. The molecule has 2 aromatic carbocycles. The maximum atomic E-state index is 12.3. The average molecular weight is 390 g/mol. The molecular weight excluding hydrogens is 370 g/mol. The van der Waals surface area contributed by atoms with Gasteiger partial charge in [-0.1, -0.05) is 30.3 Å². The number of ether oxygens (including phenoxy) is 1. The predicted octanol–water partition coefficient (Wildman–Crippen LogP) is 2.65. The quantitative estimate of drug-likeness (QED) is 0.768. The molecule has 0 saturated carbocycles. The number of carboxylic acids is 1. The first-order chi connectivity index (χ1) is 12.5. The molecule has 1 atom stereocenters. The zero-order valence-corrected chi connectivity index (χ0v) is 15.4. The standard InChI is InChI=1S/C20H19NO5.ClH/c22-18(21-11-10-16(12-21)20(24)25)13-26-17-8-6-15(7-9-17)19(23)14-4-2-1-3-5-14;/h1-9,16H,10-13H2,(H,24,25);1H. The van der Waals surface area contributed by atoms with E-state index in [0.717, 1.165) is 0 Å². The number of rotatable bonds is 6. The van der Waals surface area contributed by atoms with Crippen LogP contribution >= 0.6 is 12.4 Å². The third-order valence-electron chi connectivity index (χ3n) is 4.40. The van der Waals surface area contributed by atoms with E-state index < -0.39 is 11.9 Å². The summed E-state index contributed by atoms with van der Waals surface area (Å²) in [5, 5.41) is 8.98. The average Bonchev–Trinajstić information content (AvgIpc) is 3.17. The van der Waals surface area contributed by atoms with Gasteiger partial charge in [0.15, 0.2) is 12.4 Å². The molecule has 2 aromatic rings. The molecule has 0 aliphatic carbocycles. The van der Waals surface area contributed by atoms with E-state index in [1.165, 1.54) is 4.90 Å². The van der Waals surface area contributed by atoms with E-state index in [4.69, 9.17) is 9.84 Å². The molecule has 7 heteroatoms. The molecule has 1 fully saturated rings. The minimum absolute atomic E-state index is 0. The Bertz CT molecular complexity index is 807. The van der Waals surface area contributed by atoms with Crippen LogP contribution in [0.4, 0.5) is 0 Å². The van der Waals surface area contributed by atoms with Crippen LogP contribution < -0.4 is 4.74 Å². The van der Waals surface area contributed by atoms with Gasteiger partial charge in [-0.25, -0.2) is 0 Å². The molecule has 6 nitrogen and oxygen atoms in total. The van der Waals surface area contributed by atoms with Crippen LogP contribution in [-0.4, -0.2) is 47.4 Å². The number of ketones is 1. The van der Waals surface area contributed by atoms with Crippen molar-refractivity contribution in [3.63, 3.8) is 0 Å². The molecular formula is C20H20ClNO5. The number of likely N-dealkylation sites (tertiary alicyclic amines) is 1.